The Morgan fingerprint density at radius 3 is 2.92 bits per heavy atom. The lowest BCUT2D eigenvalue weighted by Crippen LogP contribution is -2.18. The summed E-state index contributed by atoms with van der Waals surface area (Å²) in [6.45, 7) is 0. The predicted octanol–water partition coefficient (Wildman–Crippen LogP) is 4.05. The van der Waals surface area contributed by atoms with Crippen LogP contribution in [0.1, 0.15) is 27.2 Å². The Balaban J connectivity index is 1.99. The quantitative estimate of drug-likeness (QED) is 0.832. The average molecular weight is 408 g/mol. The van der Waals surface area contributed by atoms with E-state index in [4.69, 9.17) is 16.3 Å². The molecule has 0 atom stereocenters. The first-order chi connectivity index (χ1) is 11.5. The lowest BCUT2D eigenvalue weighted by Gasteiger charge is -2.13. The highest BCUT2D eigenvalue weighted by Crippen LogP contribution is 2.36. The van der Waals surface area contributed by atoms with Gasteiger partial charge in [0.1, 0.15) is 5.75 Å². The zero-order chi connectivity index (χ0) is 17.3. The zero-order valence-corrected chi connectivity index (χ0v) is 15.7. The van der Waals surface area contributed by atoms with E-state index >= 15 is 0 Å². The van der Waals surface area contributed by atoms with Crippen molar-refractivity contribution in [3.8, 4) is 5.75 Å². The Hall–Kier alpha value is -1.85. The van der Waals surface area contributed by atoms with E-state index in [1.165, 1.54) is 0 Å². The molecule has 1 heterocycles. The summed E-state index contributed by atoms with van der Waals surface area (Å²) in [6, 6.07) is 5.53. The van der Waals surface area contributed by atoms with Gasteiger partial charge in [-0.3, -0.25) is 9.78 Å². The number of fused-ring (bicyclic) bond motifs is 1. The first-order valence-corrected chi connectivity index (χ1v) is 8.63. The molecule has 24 heavy (non-hydrogen) atoms. The molecule has 0 saturated carbocycles. The van der Waals surface area contributed by atoms with E-state index in [0.29, 0.717) is 22.8 Å². The number of pyridine rings is 1. The summed E-state index contributed by atoms with van der Waals surface area (Å²) in [6.07, 6.45) is 5.38. The maximum Gasteiger partial charge on any atom is 0.251 e. The van der Waals surface area contributed by atoms with Crippen molar-refractivity contribution in [3.05, 3.63) is 62.4 Å². The van der Waals surface area contributed by atoms with E-state index in [2.05, 4.69) is 38.4 Å². The summed E-state index contributed by atoms with van der Waals surface area (Å²) < 4.78 is 6.26. The SMILES string of the molecule is CNC(=O)c1cc(CC2=CCc3ncc(Br)cc32)c(Cl)c(OC)c1. The van der Waals surface area contributed by atoms with Crippen molar-refractivity contribution in [1.82, 2.24) is 10.3 Å². The van der Waals surface area contributed by atoms with Crippen LogP contribution in [0, 0.1) is 0 Å². The lowest BCUT2D eigenvalue weighted by molar-refractivity contribution is 0.0962. The third-order valence-electron chi connectivity index (χ3n) is 4.03. The maximum atomic E-state index is 12.0. The number of aromatic nitrogens is 1. The third kappa shape index (κ3) is 3.19. The third-order valence-corrected chi connectivity index (χ3v) is 4.89. The number of methoxy groups -OCH3 is 1. The summed E-state index contributed by atoms with van der Waals surface area (Å²) in [5.74, 6) is 0.329. The van der Waals surface area contributed by atoms with Gasteiger partial charge in [-0.05, 0) is 51.7 Å². The number of halogens is 2. The summed E-state index contributed by atoms with van der Waals surface area (Å²) in [7, 11) is 3.14. The van der Waals surface area contributed by atoms with Crippen molar-refractivity contribution in [2.75, 3.05) is 14.2 Å². The van der Waals surface area contributed by atoms with Crippen LogP contribution in [0.5, 0.6) is 5.75 Å². The Labute approximate surface area is 154 Å². The number of nitrogens with one attached hydrogen (secondary N) is 1. The minimum Gasteiger partial charge on any atom is -0.495 e. The van der Waals surface area contributed by atoms with E-state index in [0.717, 1.165) is 33.3 Å². The van der Waals surface area contributed by atoms with Gasteiger partial charge in [-0.25, -0.2) is 0 Å². The first-order valence-electron chi connectivity index (χ1n) is 7.45. The minimum atomic E-state index is -0.170. The van der Waals surface area contributed by atoms with Crippen LogP contribution in [0.2, 0.25) is 5.02 Å². The van der Waals surface area contributed by atoms with Crippen molar-refractivity contribution in [1.29, 1.82) is 0 Å². The van der Waals surface area contributed by atoms with E-state index in [1.807, 2.05) is 6.07 Å². The highest BCUT2D eigenvalue weighted by molar-refractivity contribution is 9.10. The molecule has 1 amide bonds. The van der Waals surface area contributed by atoms with Crippen LogP contribution in [-0.4, -0.2) is 25.0 Å². The van der Waals surface area contributed by atoms with Gasteiger partial charge in [0.2, 0.25) is 0 Å². The van der Waals surface area contributed by atoms with Crippen molar-refractivity contribution in [2.45, 2.75) is 12.8 Å². The number of ether oxygens (including phenoxy) is 1. The van der Waals surface area contributed by atoms with Gasteiger partial charge in [0.15, 0.2) is 0 Å². The molecular formula is C18H16BrClN2O2. The normalized spacial score (nSPS) is 12.6. The van der Waals surface area contributed by atoms with Gasteiger partial charge in [0, 0.05) is 35.3 Å². The average Bonchev–Trinajstić information content (AvgIpc) is 2.98. The molecule has 1 aromatic carbocycles. The van der Waals surface area contributed by atoms with Gasteiger partial charge < -0.3 is 10.1 Å². The Morgan fingerprint density at radius 1 is 1.42 bits per heavy atom. The second kappa shape index (κ2) is 6.95. The highest BCUT2D eigenvalue weighted by Gasteiger charge is 2.19. The van der Waals surface area contributed by atoms with E-state index in [9.17, 15) is 4.79 Å². The number of carbonyl (C=O) groups excluding carboxylic acids is 1. The molecule has 2 aromatic rings. The Bertz CT molecular complexity index is 849. The van der Waals surface area contributed by atoms with Gasteiger partial charge >= 0.3 is 0 Å². The van der Waals surface area contributed by atoms with Gasteiger partial charge in [-0.2, -0.15) is 0 Å². The summed E-state index contributed by atoms with van der Waals surface area (Å²) in [5, 5.41) is 3.16. The van der Waals surface area contributed by atoms with Gasteiger partial charge in [-0.15, -0.1) is 0 Å². The number of nitrogens with zero attached hydrogens (tertiary/aromatic N) is 1. The van der Waals surface area contributed by atoms with Gasteiger partial charge in [-0.1, -0.05) is 17.7 Å². The van der Waals surface area contributed by atoms with Crippen LogP contribution in [-0.2, 0) is 12.8 Å². The zero-order valence-electron chi connectivity index (χ0n) is 13.3. The smallest absolute Gasteiger partial charge is 0.251 e. The second-order valence-electron chi connectivity index (χ2n) is 5.49. The van der Waals surface area contributed by atoms with Crippen molar-refractivity contribution in [2.24, 2.45) is 0 Å². The highest BCUT2D eigenvalue weighted by atomic mass is 79.9. The summed E-state index contributed by atoms with van der Waals surface area (Å²) in [4.78, 5) is 16.4. The lowest BCUT2D eigenvalue weighted by atomic mass is 9.99. The molecule has 0 unspecified atom stereocenters. The maximum absolute atomic E-state index is 12.0. The molecule has 0 bridgehead atoms. The molecule has 4 nitrogen and oxygen atoms in total. The van der Waals surface area contributed by atoms with Crippen molar-refractivity contribution < 1.29 is 9.53 Å². The molecule has 0 aliphatic heterocycles. The molecule has 0 radical (unpaired) electrons. The van der Waals surface area contributed by atoms with Crippen LogP contribution in [0.3, 0.4) is 0 Å². The minimum absolute atomic E-state index is 0.170. The molecule has 0 saturated heterocycles. The number of hydrogen-bond acceptors (Lipinski definition) is 3. The number of allylic oxidation sites excluding steroid dienone is 2. The van der Waals surface area contributed by atoms with Crippen molar-refractivity contribution >= 4 is 39.0 Å². The van der Waals surface area contributed by atoms with Gasteiger partial charge in [0.05, 0.1) is 17.8 Å². The van der Waals surface area contributed by atoms with Crippen LogP contribution >= 0.6 is 27.5 Å². The fraction of sp³-hybridized carbons (Fsp3) is 0.222. The number of hydrogen-bond donors (Lipinski definition) is 1. The van der Waals surface area contributed by atoms with E-state index in [-0.39, 0.29) is 5.91 Å². The summed E-state index contributed by atoms with van der Waals surface area (Å²) in [5.41, 5.74) is 4.70. The molecular weight excluding hydrogens is 392 g/mol. The first kappa shape index (κ1) is 17.0. The summed E-state index contributed by atoms with van der Waals surface area (Å²) >= 11 is 9.92. The van der Waals surface area contributed by atoms with E-state index in [1.54, 1.807) is 26.4 Å². The number of benzene rings is 1. The number of amides is 1. The van der Waals surface area contributed by atoms with Crippen LogP contribution in [0.15, 0.2) is 34.9 Å². The topological polar surface area (TPSA) is 51.2 Å². The molecule has 1 N–H and O–H groups in total. The molecule has 1 aliphatic rings. The standard InChI is InChI=1S/C18H16BrClN2O2/c1-21-18(23)12-6-11(17(20)16(7-12)24-2)5-10-3-4-15-14(10)8-13(19)9-22-15/h3,6-9H,4-5H2,1-2H3,(H,21,23). The fourth-order valence-corrected chi connectivity index (χ4v) is 3.40. The monoisotopic (exact) mass is 406 g/mol. The largest absolute Gasteiger partial charge is 0.495 e. The molecule has 3 rings (SSSR count). The fourth-order valence-electron chi connectivity index (χ4n) is 2.82. The second-order valence-corrected chi connectivity index (χ2v) is 6.78. The number of carbonyl (C=O) groups is 1. The van der Waals surface area contributed by atoms with Crippen LogP contribution in [0.4, 0.5) is 0 Å². The van der Waals surface area contributed by atoms with Gasteiger partial charge in [0.25, 0.3) is 5.91 Å². The van der Waals surface area contributed by atoms with Crippen LogP contribution in [0.25, 0.3) is 5.57 Å². The molecule has 0 fully saturated rings. The Kier molecular flexibility index (Phi) is 4.92. The predicted molar refractivity (Wildman–Crippen MR) is 98.7 cm³/mol. The molecule has 124 valence electrons. The molecule has 0 spiro atoms. The molecule has 1 aliphatic carbocycles. The number of rotatable bonds is 4. The van der Waals surface area contributed by atoms with Crippen LogP contribution < -0.4 is 10.1 Å². The van der Waals surface area contributed by atoms with E-state index < -0.39 is 0 Å². The van der Waals surface area contributed by atoms with Crippen molar-refractivity contribution in [3.63, 3.8) is 0 Å². The molecule has 1 aromatic heterocycles. The Morgan fingerprint density at radius 2 is 2.21 bits per heavy atom. The molecule has 6 heteroatoms.